The quantitative estimate of drug-likeness (QED) is 0.0150. The molecule has 8 atom stereocenters. The molecule has 58 heavy (non-hydrogen) atoms. The van der Waals surface area contributed by atoms with Gasteiger partial charge in [-0.2, -0.15) is 0 Å². The number of allylic oxidation sites excluding steroid dienone is 4. The molecule has 1 fully saturated rings. The molecule has 6 unspecified atom stereocenters. The zero-order valence-corrected chi connectivity index (χ0v) is 36.7. The van der Waals surface area contributed by atoms with Crippen LogP contribution in [0.25, 0.3) is 0 Å². The van der Waals surface area contributed by atoms with E-state index in [0.717, 1.165) is 70.6 Å². The summed E-state index contributed by atoms with van der Waals surface area (Å²) in [7, 11) is -5.12. The third-order valence-electron chi connectivity index (χ3n) is 10.5. The fourth-order valence-electron chi connectivity index (χ4n) is 6.81. The summed E-state index contributed by atoms with van der Waals surface area (Å²) < 4.78 is 33.5. The summed E-state index contributed by atoms with van der Waals surface area (Å²) in [6.45, 7) is 3.25. The monoisotopic (exact) mass is 849 g/mol. The highest BCUT2D eigenvalue weighted by Crippen LogP contribution is 2.47. The Hall–Kier alpha value is -1.67. The first-order chi connectivity index (χ1) is 27.9. The van der Waals surface area contributed by atoms with Crippen LogP contribution in [0.4, 0.5) is 0 Å². The van der Waals surface area contributed by atoms with Crippen LogP contribution in [0.15, 0.2) is 24.3 Å². The molecule has 0 saturated heterocycles. The average molecular weight is 849 g/mol. The number of ether oxygens (including phenoxy) is 2. The number of hydrogen-bond acceptors (Lipinski definition) is 12. The Labute approximate surface area is 349 Å². The van der Waals surface area contributed by atoms with Crippen LogP contribution < -0.4 is 0 Å². The van der Waals surface area contributed by atoms with E-state index in [1.807, 2.05) is 0 Å². The summed E-state index contributed by atoms with van der Waals surface area (Å²) >= 11 is 0. The number of rotatable bonds is 37. The van der Waals surface area contributed by atoms with E-state index in [9.17, 15) is 44.6 Å². The van der Waals surface area contributed by atoms with Crippen LogP contribution in [0, 0.1) is 0 Å². The van der Waals surface area contributed by atoms with Crippen LogP contribution in [0.1, 0.15) is 187 Å². The molecule has 340 valence electrons. The SMILES string of the molecule is CCCCC/C=C/CCCCCCCC(=O)OC[C@H](COP(=O)(O)OC1C(O)C(O)C(O)[C@@H](O)C1O)OC(=O)CCCCCCCCC/C=C/CCCCCCCC. The van der Waals surface area contributed by atoms with E-state index in [-0.39, 0.29) is 12.8 Å². The van der Waals surface area contributed by atoms with Gasteiger partial charge in [0.2, 0.25) is 0 Å². The van der Waals surface area contributed by atoms with Crippen LogP contribution in [0.5, 0.6) is 0 Å². The standard InChI is InChI=1S/C44H81O13P/c1-3-5-7-9-11-13-15-17-18-19-20-21-23-25-27-29-31-33-38(46)56-36(34-54-37(45)32-30-28-26-24-22-16-14-12-10-8-6-4-2)35-55-58(52,53)57-44-42(50)40(48)39(47)41(49)43(44)51/h12,14,17-18,36,39-44,47-51H,3-11,13,15-16,19-35H2,1-2H3,(H,52,53)/b14-12+,18-17+/t36-,39?,40-,41?,42?,43?,44?/m1/s1. The van der Waals surface area contributed by atoms with Gasteiger partial charge in [-0.1, -0.05) is 134 Å². The molecule has 0 amide bonds. The first kappa shape index (κ1) is 54.3. The van der Waals surface area contributed by atoms with E-state index in [1.54, 1.807) is 0 Å². The van der Waals surface area contributed by atoms with Gasteiger partial charge in [0.05, 0.1) is 6.61 Å². The van der Waals surface area contributed by atoms with Gasteiger partial charge < -0.3 is 39.9 Å². The number of unbranched alkanes of at least 4 members (excludes halogenated alkanes) is 21. The molecule has 1 aliphatic carbocycles. The molecule has 1 aliphatic rings. The van der Waals surface area contributed by atoms with E-state index in [0.29, 0.717) is 12.8 Å². The second-order valence-electron chi connectivity index (χ2n) is 15.9. The lowest BCUT2D eigenvalue weighted by molar-refractivity contribution is -0.220. The second kappa shape index (κ2) is 35.0. The van der Waals surface area contributed by atoms with Crippen molar-refractivity contribution in [2.24, 2.45) is 0 Å². The van der Waals surface area contributed by atoms with Gasteiger partial charge in [0, 0.05) is 12.8 Å². The van der Waals surface area contributed by atoms with Crippen molar-refractivity contribution < 1.29 is 63.1 Å². The number of esters is 2. The maximum atomic E-state index is 12.8. The third-order valence-corrected chi connectivity index (χ3v) is 11.5. The van der Waals surface area contributed by atoms with Crippen LogP contribution in [-0.2, 0) is 32.7 Å². The summed E-state index contributed by atoms with van der Waals surface area (Å²) in [5.74, 6) is -1.11. The lowest BCUT2D eigenvalue weighted by atomic mass is 9.85. The van der Waals surface area contributed by atoms with Crippen molar-refractivity contribution in [2.75, 3.05) is 13.2 Å². The molecule has 1 saturated carbocycles. The number of hydrogen-bond donors (Lipinski definition) is 6. The smallest absolute Gasteiger partial charge is 0.462 e. The summed E-state index contributed by atoms with van der Waals surface area (Å²) in [6, 6.07) is 0. The van der Waals surface area contributed by atoms with E-state index in [4.69, 9.17) is 18.5 Å². The van der Waals surface area contributed by atoms with Crippen LogP contribution >= 0.6 is 7.82 Å². The largest absolute Gasteiger partial charge is 0.472 e. The molecule has 0 aromatic heterocycles. The molecule has 0 heterocycles. The minimum atomic E-state index is -5.12. The first-order valence-electron chi connectivity index (χ1n) is 22.6. The predicted molar refractivity (Wildman–Crippen MR) is 226 cm³/mol. The Morgan fingerprint density at radius 1 is 0.517 bits per heavy atom. The summed E-state index contributed by atoms with van der Waals surface area (Å²) in [4.78, 5) is 35.6. The molecule has 0 aromatic carbocycles. The molecule has 0 aromatic rings. The van der Waals surface area contributed by atoms with Crippen LogP contribution in [0.3, 0.4) is 0 Å². The molecule has 0 aliphatic heterocycles. The molecule has 13 nitrogen and oxygen atoms in total. The van der Waals surface area contributed by atoms with Gasteiger partial charge in [0.1, 0.15) is 43.2 Å². The van der Waals surface area contributed by atoms with Crippen molar-refractivity contribution in [3.8, 4) is 0 Å². The lowest BCUT2D eigenvalue weighted by Gasteiger charge is -2.41. The fraction of sp³-hybridized carbons (Fsp3) is 0.864. The van der Waals surface area contributed by atoms with Gasteiger partial charge in [-0.3, -0.25) is 18.6 Å². The topological polar surface area (TPSA) is 210 Å². The molecule has 0 spiro atoms. The highest BCUT2D eigenvalue weighted by Gasteiger charge is 2.51. The Balaban J connectivity index is 2.47. The highest BCUT2D eigenvalue weighted by molar-refractivity contribution is 7.47. The Bertz CT molecular complexity index is 1120. The molecule has 6 N–H and O–H groups in total. The number of aliphatic hydroxyl groups is 5. The molecule has 0 radical (unpaired) electrons. The average Bonchev–Trinajstić information content (AvgIpc) is 3.20. The minimum absolute atomic E-state index is 0.0916. The Morgan fingerprint density at radius 2 is 0.879 bits per heavy atom. The fourth-order valence-corrected chi connectivity index (χ4v) is 7.78. The lowest BCUT2D eigenvalue weighted by Crippen LogP contribution is -2.64. The first-order valence-corrected chi connectivity index (χ1v) is 24.1. The molecular weight excluding hydrogens is 767 g/mol. The van der Waals surface area contributed by atoms with Gasteiger partial charge in [0.25, 0.3) is 0 Å². The molecule has 0 bridgehead atoms. The highest BCUT2D eigenvalue weighted by atomic mass is 31.2. The van der Waals surface area contributed by atoms with E-state index in [1.165, 1.54) is 77.0 Å². The number of carbonyl (C=O) groups excluding carboxylic acids is 2. The Kier molecular flexibility index (Phi) is 32.8. The van der Waals surface area contributed by atoms with Gasteiger partial charge in [-0.15, -0.1) is 0 Å². The number of aliphatic hydroxyl groups excluding tert-OH is 5. The maximum Gasteiger partial charge on any atom is 0.472 e. The summed E-state index contributed by atoms with van der Waals surface area (Å²) in [5, 5.41) is 50.1. The Morgan fingerprint density at radius 3 is 1.34 bits per heavy atom. The number of phosphoric acid groups is 1. The zero-order valence-electron chi connectivity index (χ0n) is 35.8. The van der Waals surface area contributed by atoms with Crippen molar-refractivity contribution in [2.45, 2.75) is 230 Å². The van der Waals surface area contributed by atoms with Crippen LogP contribution in [-0.4, -0.2) is 98.3 Å². The summed E-state index contributed by atoms with van der Waals surface area (Å²) in [5.41, 5.74) is 0. The molecule has 1 rings (SSSR count). The van der Waals surface area contributed by atoms with Gasteiger partial charge in [0.15, 0.2) is 6.10 Å². The second-order valence-corrected chi connectivity index (χ2v) is 17.3. The van der Waals surface area contributed by atoms with E-state index < -0.39 is 75.7 Å². The van der Waals surface area contributed by atoms with Crippen molar-refractivity contribution >= 4 is 19.8 Å². The maximum absolute atomic E-state index is 12.8. The number of phosphoric ester groups is 1. The minimum Gasteiger partial charge on any atom is -0.462 e. The predicted octanol–water partition coefficient (Wildman–Crippen LogP) is 8.45. The van der Waals surface area contributed by atoms with Gasteiger partial charge in [-0.05, 0) is 64.2 Å². The normalized spacial score (nSPS) is 22.7. The van der Waals surface area contributed by atoms with E-state index in [2.05, 4.69) is 38.2 Å². The summed E-state index contributed by atoms with van der Waals surface area (Å²) in [6.07, 6.45) is 23.8. The molecular formula is C44H81O13P. The van der Waals surface area contributed by atoms with Crippen molar-refractivity contribution in [1.82, 2.24) is 0 Å². The molecule has 14 heteroatoms. The van der Waals surface area contributed by atoms with E-state index >= 15 is 0 Å². The van der Waals surface area contributed by atoms with Crippen LogP contribution in [0.2, 0.25) is 0 Å². The van der Waals surface area contributed by atoms with Gasteiger partial charge in [-0.25, -0.2) is 4.57 Å². The van der Waals surface area contributed by atoms with Crippen molar-refractivity contribution in [1.29, 1.82) is 0 Å². The third kappa shape index (κ3) is 27.2. The van der Waals surface area contributed by atoms with Crippen molar-refractivity contribution in [3.63, 3.8) is 0 Å². The zero-order chi connectivity index (χ0) is 42.9. The van der Waals surface area contributed by atoms with Crippen molar-refractivity contribution in [3.05, 3.63) is 24.3 Å². The van der Waals surface area contributed by atoms with Gasteiger partial charge >= 0.3 is 19.8 Å². The number of carbonyl (C=O) groups is 2.